The summed E-state index contributed by atoms with van der Waals surface area (Å²) in [4.78, 5) is 13.0. The van der Waals surface area contributed by atoms with Gasteiger partial charge in [0, 0.05) is 0 Å². The number of ether oxygens (including phenoxy) is 1. The van der Waals surface area contributed by atoms with Gasteiger partial charge in [-0.1, -0.05) is 18.2 Å². The molecule has 23 heavy (non-hydrogen) atoms. The molecule has 3 aromatic rings. The van der Waals surface area contributed by atoms with E-state index in [0.29, 0.717) is 11.5 Å². The molecule has 118 valence electrons. The van der Waals surface area contributed by atoms with Crippen molar-refractivity contribution in [2.24, 2.45) is 0 Å². The van der Waals surface area contributed by atoms with Gasteiger partial charge in [-0.2, -0.15) is 0 Å². The van der Waals surface area contributed by atoms with E-state index in [1.165, 1.54) is 17.4 Å². The Bertz CT molecular complexity index is 826. The van der Waals surface area contributed by atoms with Gasteiger partial charge in [0.1, 0.15) is 11.3 Å². The van der Waals surface area contributed by atoms with Crippen LogP contribution in [0.3, 0.4) is 0 Å². The van der Waals surface area contributed by atoms with Crippen LogP contribution in [0.5, 0.6) is 5.75 Å². The average Bonchev–Trinajstić information content (AvgIpc) is 3.20. The van der Waals surface area contributed by atoms with E-state index in [2.05, 4.69) is 10.2 Å². The Labute approximate surface area is 136 Å². The lowest BCUT2D eigenvalue weighted by Crippen LogP contribution is -2.10. The Morgan fingerprint density at radius 2 is 2.13 bits per heavy atom. The highest BCUT2D eigenvalue weighted by Crippen LogP contribution is 2.28. The van der Waals surface area contributed by atoms with E-state index < -0.39 is 12.1 Å². The molecule has 0 fully saturated rings. The molecule has 6 nitrogen and oxygen atoms in total. The topological polar surface area (TPSA) is 85.5 Å². The fourth-order valence-electron chi connectivity index (χ4n) is 2.00. The Hall–Kier alpha value is -2.67. The number of hydrogen-bond donors (Lipinski definition) is 1. The second kappa shape index (κ2) is 6.21. The molecule has 1 N–H and O–H groups in total. The average molecular weight is 330 g/mol. The first-order chi connectivity index (χ1) is 11.1. The number of hydrogen-bond acceptors (Lipinski definition) is 7. The Morgan fingerprint density at radius 1 is 1.30 bits per heavy atom. The lowest BCUT2D eigenvalue weighted by molar-refractivity contribution is 0.0276. The predicted molar refractivity (Wildman–Crippen MR) is 84.3 cm³/mol. The van der Waals surface area contributed by atoms with Crippen LogP contribution in [0.15, 0.2) is 40.1 Å². The first-order valence-corrected chi connectivity index (χ1v) is 7.81. The van der Waals surface area contributed by atoms with Gasteiger partial charge in [0.25, 0.3) is 11.8 Å². The molecule has 2 heterocycles. The van der Waals surface area contributed by atoms with Gasteiger partial charge in [-0.15, -0.1) is 21.5 Å². The van der Waals surface area contributed by atoms with Crippen molar-refractivity contribution < 1.29 is 19.1 Å². The van der Waals surface area contributed by atoms with Crippen molar-refractivity contribution in [1.29, 1.82) is 0 Å². The first-order valence-electron chi connectivity index (χ1n) is 6.93. The number of phenolic OH excluding ortho intramolecular Hbond substituents is 1. The third-order valence-corrected chi connectivity index (χ3v) is 4.12. The van der Waals surface area contributed by atoms with Crippen molar-refractivity contribution in [3.8, 4) is 16.5 Å². The van der Waals surface area contributed by atoms with Gasteiger partial charge < -0.3 is 14.3 Å². The van der Waals surface area contributed by atoms with E-state index in [1.807, 2.05) is 17.5 Å². The minimum absolute atomic E-state index is 0.0884. The van der Waals surface area contributed by atoms with Crippen LogP contribution in [-0.2, 0) is 4.74 Å². The molecule has 0 aliphatic heterocycles. The fourth-order valence-corrected chi connectivity index (χ4v) is 2.64. The molecule has 1 aromatic carbocycles. The molecule has 0 saturated carbocycles. The molecule has 3 rings (SSSR count). The number of phenols is 1. The molecule has 2 aromatic heterocycles. The van der Waals surface area contributed by atoms with Gasteiger partial charge in [-0.05, 0) is 36.9 Å². The van der Waals surface area contributed by atoms with Gasteiger partial charge in [0.15, 0.2) is 6.10 Å². The first kappa shape index (κ1) is 15.2. The van der Waals surface area contributed by atoms with E-state index in [9.17, 15) is 9.90 Å². The molecule has 7 heteroatoms. The van der Waals surface area contributed by atoms with E-state index in [4.69, 9.17) is 9.15 Å². The van der Waals surface area contributed by atoms with Crippen LogP contribution < -0.4 is 0 Å². The van der Waals surface area contributed by atoms with Crippen LogP contribution in [0.2, 0.25) is 0 Å². The highest BCUT2D eigenvalue weighted by atomic mass is 32.1. The SMILES string of the molecule is Cc1cccc(C(=O)O[C@@H](C)c2nnc(-c3cccs3)o2)c1O. The Kier molecular flexibility index (Phi) is 4.12. The summed E-state index contributed by atoms with van der Waals surface area (Å²) in [5.74, 6) is -0.144. The van der Waals surface area contributed by atoms with Crippen molar-refractivity contribution in [1.82, 2.24) is 10.2 Å². The largest absolute Gasteiger partial charge is 0.507 e. The summed E-state index contributed by atoms with van der Waals surface area (Å²) in [7, 11) is 0. The normalized spacial score (nSPS) is 12.1. The number of thiophene rings is 1. The number of nitrogens with zero attached hydrogens (tertiary/aromatic N) is 2. The highest BCUT2D eigenvalue weighted by Gasteiger charge is 2.22. The number of aromatic hydroxyl groups is 1. The Balaban J connectivity index is 1.75. The number of benzene rings is 1. The molecular weight excluding hydrogens is 316 g/mol. The van der Waals surface area contributed by atoms with Gasteiger partial charge in [0.2, 0.25) is 0 Å². The molecule has 0 amide bonds. The van der Waals surface area contributed by atoms with Crippen LogP contribution in [0.25, 0.3) is 10.8 Å². The number of carbonyl (C=O) groups excluding carboxylic acids is 1. The third kappa shape index (κ3) is 3.09. The van der Waals surface area contributed by atoms with E-state index >= 15 is 0 Å². The zero-order valence-electron chi connectivity index (χ0n) is 12.5. The quantitative estimate of drug-likeness (QED) is 0.734. The highest BCUT2D eigenvalue weighted by molar-refractivity contribution is 7.13. The van der Waals surface area contributed by atoms with Crippen LogP contribution in [0.4, 0.5) is 0 Å². The van der Waals surface area contributed by atoms with E-state index in [0.717, 1.165) is 4.88 Å². The van der Waals surface area contributed by atoms with Crippen molar-refractivity contribution in [2.75, 3.05) is 0 Å². The van der Waals surface area contributed by atoms with E-state index in [1.54, 1.807) is 26.0 Å². The lowest BCUT2D eigenvalue weighted by atomic mass is 10.1. The number of aromatic nitrogens is 2. The maximum Gasteiger partial charge on any atom is 0.342 e. The number of rotatable bonds is 4. The molecule has 0 bridgehead atoms. The number of aryl methyl sites for hydroxylation is 1. The molecule has 0 aliphatic rings. The monoisotopic (exact) mass is 330 g/mol. The number of carbonyl (C=O) groups is 1. The molecule has 0 unspecified atom stereocenters. The summed E-state index contributed by atoms with van der Waals surface area (Å²) in [5.41, 5.74) is 0.708. The molecule has 0 saturated heterocycles. The number of esters is 1. The van der Waals surface area contributed by atoms with Crippen LogP contribution in [0, 0.1) is 6.92 Å². The second-order valence-electron chi connectivity index (χ2n) is 4.94. The van der Waals surface area contributed by atoms with Gasteiger partial charge in [0.05, 0.1) is 4.88 Å². The summed E-state index contributed by atoms with van der Waals surface area (Å²) >= 11 is 1.48. The fraction of sp³-hybridized carbons (Fsp3) is 0.188. The standard InChI is InChI=1S/C16H14N2O4S/c1-9-5-3-6-11(13(9)19)16(20)21-10(2)14-17-18-15(22-14)12-7-4-8-23-12/h3-8,10,19H,1-2H3/t10-/m0/s1. The zero-order valence-corrected chi connectivity index (χ0v) is 13.3. The zero-order chi connectivity index (χ0) is 16.4. The summed E-state index contributed by atoms with van der Waals surface area (Å²) in [6.45, 7) is 3.34. The third-order valence-electron chi connectivity index (χ3n) is 3.26. The summed E-state index contributed by atoms with van der Waals surface area (Å²) in [6, 6.07) is 8.64. The number of para-hydroxylation sites is 1. The minimum atomic E-state index is -0.719. The predicted octanol–water partition coefficient (Wildman–Crippen LogP) is 3.73. The van der Waals surface area contributed by atoms with Crippen LogP contribution >= 0.6 is 11.3 Å². The second-order valence-corrected chi connectivity index (χ2v) is 5.89. The Morgan fingerprint density at radius 3 is 2.87 bits per heavy atom. The maximum absolute atomic E-state index is 12.2. The molecule has 0 aliphatic carbocycles. The van der Waals surface area contributed by atoms with Crippen molar-refractivity contribution >= 4 is 17.3 Å². The molecule has 0 radical (unpaired) electrons. The van der Waals surface area contributed by atoms with Crippen molar-refractivity contribution in [2.45, 2.75) is 20.0 Å². The van der Waals surface area contributed by atoms with Gasteiger partial charge in [-0.25, -0.2) is 4.79 Å². The molecule has 0 spiro atoms. The molecule has 1 atom stereocenters. The lowest BCUT2D eigenvalue weighted by Gasteiger charge is -2.11. The summed E-state index contributed by atoms with van der Waals surface area (Å²) in [5, 5.41) is 19.7. The van der Waals surface area contributed by atoms with E-state index in [-0.39, 0.29) is 17.2 Å². The summed E-state index contributed by atoms with van der Waals surface area (Å²) in [6.07, 6.45) is -0.719. The maximum atomic E-state index is 12.2. The minimum Gasteiger partial charge on any atom is -0.507 e. The van der Waals surface area contributed by atoms with Gasteiger partial charge in [-0.3, -0.25) is 0 Å². The van der Waals surface area contributed by atoms with Crippen molar-refractivity contribution in [3.63, 3.8) is 0 Å². The van der Waals surface area contributed by atoms with Crippen LogP contribution in [-0.4, -0.2) is 21.3 Å². The smallest absolute Gasteiger partial charge is 0.342 e. The van der Waals surface area contributed by atoms with Gasteiger partial charge >= 0.3 is 5.97 Å². The summed E-state index contributed by atoms with van der Waals surface area (Å²) < 4.78 is 10.8. The molecular formula is C16H14N2O4S. The van der Waals surface area contributed by atoms with Crippen LogP contribution in [0.1, 0.15) is 34.8 Å². The van der Waals surface area contributed by atoms with Crippen molar-refractivity contribution in [3.05, 3.63) is 52.7 Å².